The van der Waals surface area contributed by atoms with Crippen molar-refractivity contribution >= 4 is 11.9 Å². The number of carboxylic acid groups (broad SMARTS) is 1. The lowest BCUT2D eigenvalue weighted by molar-refractivity contribution is -0.128. The Morgan fingerprint density at radius 1 is 1.45 bits per heavy atom. The van der Waals surface area contributed by atoms with E-state index in [1.54, 1.807) is 7.11 Å². The van der Waals surface area contributed by atoms with Gasteiger partial charge < -0.3 is 24.3 Å². The van der Waals surface area contributed by atoms with Crippen molar-refractivity contribution < 1.29 is 28.6 Å². The van der Waals surface area contributed by atoms with Crippen LogP contribution < -0.4 is 5.32 Å². The zero-order valence-corrected chi connectivity index (χ0v) is 11.3. The smallest absolute Gasteiger partial charge is 0.371 e. The maximum atomic E-state index is 11.9. The molecule has 0 saturated heterocycles. The number of methoxy groups -OCH3 is 1. The maximum Gasteiger partial charge on any atom is 0.371 e. The zero-order chi connectivity index (χ0) is 14.7. The van der Waals surface area contributed by atoms with Crippen LogP contribution in [0.1, 0.15) is 34.5 Å². The number of furan rings is 1. The van der Waals surface area contributed by atoms with E-state index >= 15 is 0 Å². The Labute approximate surface area is 115 Å². The topological polar surface area (TPSA) is 98.0 Å². The molecule has 1 amide bonds. The number of carbonyl (C=O) groups is 2. The summed E-state index contributed by atoms with van der Waals surface area (Å²) in [5, 5.41) is 11.5. The lowest BCUT2D eigenvalue weighted by Gasteiger charge is -2.43. The van der Waals surface area contributed by atoms with Crippen LogP contribution in [-0.4, -0.2) is 48.9 Å². The normalized spacial score (nSPS) is 25.0. The van der Waals surface area contributed by atoms with E-state index in [1.807, 2.05) is 6.92 Å². The number of rotatable bonds is 6. The first-order chi connectivity index (χ1) is 9.56. The van der Waals surface area contributed by atoms with Crippen molar-refractivity contribution in [1.29, 1.82) is 0 Å². The van der Waals surface area contributed by atoms with Crippen molar-refractivity contribution in [3.8, 4) is 0 Å². The Morgan fingerprint density at radius 2 is 2.15 bits per heavy atom. The Hall–Kier alpha value is -1.86. The second-order valence-corrected chi connectivity index (χ2v) is 4.48. The van der Waals surface area contributed by atoms with E-state index in [9.17, 15) is 9.59 Å². The van der Waals surface area contributed by atoms with Crippen LogP contribution in [-0.2, 0) is 9.47 Å². The molecule has 2 N–H and O–H groups in total. The highest BCUT2D eigenvalue weighted by Gasteiger charge is 2.43. The molecule has 3 atom stereocenters. The fourth-order valence-electron chi connectivity index (χ4n) is 2.23. The molecule has 0 radical (unpaired) electrons. The number of ether oxygens (including phenoxy) is 2. The second-order valence-electron chi connectivity index (χ2n) is 4.48. The molecule has 1 aliphatic rings. The van der Waals surface area contributed by atoms with E-state index in [4.69, 9.17) is 19.0 Å². The molecule has 0 spiro atoms. The van der Waals surface area contributed by atoms with Gasteiger partial charge in [0.1, 0.15) is 6.10 Å². The van der Waals surface area contributed by atoms with E-state index in [1.165, 1.54) is 12.1 Å². The predicted octanol–water partition coefficient (Wildman–Crippen LogP) is 0.900. The Balaban J connectivity index is 1.93. The van der Waals surface area contributed by atoms with Crippen molar-refractivity contribution in [1.82, 2.24) is 5.32 Å². The monoisotopic (exact) mass is 283 g/mol. The highest BCUT2D eigenvalue weighted by Crippen LogP contribution is 2.27. The molecule has 2 rings (SSSR count). The highest BCUT2D eigenvalue weighted by atomic mass is 16.5. The van der Waals surface area contributed by atoms with Crippen molar-refractivity contribution in [2.75, 3.05) is 13.7 Å². The van der Waals surface area contributed by atoms with Gasteiger partial charge in [0, 0.05) is 13.7 Å². The number of hydrogen-bond donors (Lipinski definition) is 2. The minimum absolute atomic E-state index is 0.0264. The van der Waals surface area contributed by atoms with Gasteiger partial charge in [-0.1, -0.05) is 0 Å². The van der Waals surface area contributed by atoms with Gasteiger partial charge in [0.2, 0.25) is 5.76 Å². The van der Waals surface area contributed by atoms with E-state index < -0.39 is 11.9 Å². The number of nitrogens with one attached hydrogen (secondary N) is 1. The molecule has 110 valence electrons. The van der Waals surface area contributed by atoms with Crippen LogP contribution >= 0.6 is 0 Å². The van der Waals surface area contributed by atoms with Crippen LogP contribution in [0, 0.1) is 0 Å². The third kappa shape index (κ3) is 2.83. The standard InChI is InChI=1S/C13H17NO6/c1-3-19-10-6-7(11(10)18-2)14-12(15)8-4-5-9(20-8)13(16)17/h4-5,7,10-11H,3,6H2,1-2H3,(H,14,15)(H,16,17)/t7-,10-,11+/m1/s1. The van der Waals surface area contributed by atoms with Crippen LogP contribution in [0.4, 0.5) is 0 Å². The lowest BCUT2D eigenvalue weighted by atomic mass is 9.85. The number of hydrogen-bond acceptors (Lipinski definition) is 5. The van der Waals surface area contributed by atoms with Gasteiger partial charge in [-0.2, -0.15) is 0 Å². The number of aromatic carboxylic acids is 1. The summed E-state index contributed by atoms with van der Waals surface area (Å²) >= 11 is 0. The number of amides is 1. The summed E-state index contributed by atoms with van der Waals surface area (Å²) < 4.78 is 15.7. The minimum atomic E-state index is -1.21. The van der Waals surface area contributed by atoms with Gasteiger partial charge in [-0.15, -0.1) is 0 Å². The van der Waals surface area contributed by atoms with Gasteiger partial charge in [0.15, 0.2) is 5.76 Å². The van der Waals surface area contributed by atoms with Gasteiger partial charge in [-0.25, -0.2) is 4.79 Å². The van der Waals surface area contributed by atoms with Crippen LogP contribution in [0.3, 0.4) is 0 Å². The maximum absolute atomic E-state index is 11.9. The Morgan fingerprint density at radius 3 is 2.70 bits per heavy atom. The zero-order valence-electron chi connectivity index (χ0n) is 11.3. The third-order valence-electron chi connectivity index (χ3n) is 3.26. The summed E-state index contributed by atoms with van der Waals surface area (Å²) in [6.45, 7) is 2.49. The Bertz CT molecular complexity index is 497. The van der Waals surface area contributed by atoms with Gasteiger partial charge in [0.25, 0.3) is 5.91 Å². The van der Waals surface area contributed by atoms with Crippen molar-refractivity contribution in [2.24, 2.45) is 0 Å². The summed E-state index contributed by atoms with van der Waals surface area (Å²) in [6.07, 6.45) is 0.430. The van der Waals surface area contributed by atoms with Crippen LogP contribution in [0.2, 0.25) is 0 Å². The first-order valence-electron chi connectivity index (χ1n) is 6.35. The van der Waals surface area contributed by atoms with Crippen molar-refractivity contribution in [3.05, 3.63) is 23.7 Å². The van der Waals surface area contributed by atoms with Gasteiger partial charge in [-0.3, -0.25) is 4.79 Å². The quantitative estimate of drug-likeness (QED) is 0.805. The molecule has 7 nitrogen and oxygen atoms in total. The first-order valence-corrected chi connectivity index (χ1v) is 6.35. The lowest BCUT2D eigenvalue weighted by Crippen LogP contribution is -2.60. The third-order valence-corrected chi connectivity index (χ3v) is 3.26. The average Bonchev–Trinajstić information content (AvgIpc) is 2.87. The SMILES string of the molecule is CCO[C@@H]1C[C@@H](NC(=O)c2ccc(C(=O)O)o2)[C@@H]1OC. The van der Waals surface area contributed by atoms with E-state index in [0.29, 0.717) is 13.0 Å². The van der Waals surface area contributed by atoms with E-state index in [0.717, 1.165) is 0 Å². The van der Waals surface area contributed by atoms with Gasteiger partial charge in [0.05, 0.1) is 12.1 Å². The molecule has 0 aliphatic heterocycles. The van der Waals surface area contributed by atoms with Gasteiger partial charge in [-0.05, 0) is 25.5 Å². The highest BCUT2D eigenvalue weighted by molar-refractivity contribution is 5.93. The summed E-state index contributed by atoms with van der Waals surface area (Å²) in [4.78, 5) is 22.6. The van der Waals surface area contributed by atoms with Crippen LogP contribution in [0.15, 0.2) is 16.5 Å². The van der Waals surface area contributed by atoms with Crippen molar-refractivity contribution in [2.45, 2.75) is 31.6 Å². The first kappa shape index (κ1) is 14.5. The molecule has 0 unspecified atom stereocenters. The molecular formula is C13H17NO6. The largest absolute Gasteiger partial charge is 0.475 e. The number of carboxylic acids is 1. The summed E-state index contributed by atoms with van der Waals surface area (Å²) in [5.74, 6) is -1.96. The molecule has 7 heteroatoms. The molecule has 1 aromatic heterocycles. The molecule has 1 aromatic rings. The minimum Gasteiger partial charge on any atom is -0.475 e. The second kappa shape index (κ2) is 6.06. The molecule has 0 bridgehead atoms. The molecule has 0 aromatic carbocycles. The molecule has 1 saturated carbocycles. The van der Waals surface area contributed by atoms with E-state index in [2.05, 4.69) is 5.32 Å². The Kier molecular flexibility index (Phi) is 4.41. The predicted molar refractivity (Wildman–Crippen MR) is 67.7 cm³/mol. The molecule has 1 fully saturated rings. The van der Waals surface area contributed by atoms with Gasteiger partial charge >= 0.3 is 5.97 Å². The molecule has 20 heavy (non-hydrogen) atoms. The number of carbonyl (C=O) groups excluding carboxylic acids is 1. The molecular weight excluding hydrogens is 266 g/mol. The van der Waals surface area contributed by atoms with Crippen LogP contribution in [0.25, 0.3) is 0 Å². The fourth-order valence-corrected chi connectivity index (χ4v) is 2.23. The van der Waals surface area contributed by atoms with Crippen LogP contribution in [0.5, 0.6) is 0 Å². The van der Waals surface area contributed by atoms with E-state index in [-0.39, 0.29) is 29.8 Å². The summed E-state index contributed by atoms with van der Waals surface area (Å²) in [5.41, 5.74) is 0. The molecule has 1 aliphatic carbocycles. The molecule has 1 heterocycles. The van der Waals surface area contributed by atoms with Crippen molar-refractivity contribution in [3.63, 3.8) is 0 Å². The average molecular weight is 283 g/mol. The summed E-state index contributed by atoms with van der Waals surface area (Å²) in [6, 6.07) is 2.41. The summed E-state index contributed by atoms with van der Waals surface area (Å²) in [7, 11) is 1.56. The fraction of sp³-hybridized carbons (Fsp3) is 0.538.